The molecule has 5 nitrogen and oxygen atoms in total. The first-order valence-corrected chi connectivity index (χ1v) is 8.37. The van der Waals surface area contributed by atoms with Crippen LogP contribution in [0.4, 0.5) is 0 Å². The van der Waals surface area contributed by atoms with Crippen molar-refractivity contribution < 1.29 is 8.42 Å². The molecule has 102 valence electrons. The van der Waals surface area contributed by atoms with Gasteiger partial charge in [0.1, 0.15) is 4.90 Å². The van der Waals surface area contributed by atoms with Crippen LogP contribution in [0.25, 0.3) is 0 Å². The number of hydrogen-bond acceptors (Lipinski definition) is 4. The van der Waals surface area contributed by atoms with Crippen molar-refractivity contribution in [1.82, 2.24) is 9.78 Å². The van der Waals surface area contributed by atoms with Gasteiger partial charge in [0.25, 0.3) is 0 Å². The van der Waals surface area contributed by atoms with Gasteiger partial charge in [-0.2, -0.15) is 5.10 Å². The second kappa shape index (κ2) is 5.40. The van der Waals surface area contributed by atoms with Crippen LogP contribution in [-0.2, 0) is 9.84 Å². The van der Waals surface area contributed by atoms with E-state index < -0.39 is 9.84 Å². The zero-order chi connectivity index (χ0) is 13.2. The van der Waals surface area contributed by atoms with Crippen molar-refractivity contribution in [1.29, 1.82) is 0 Å². The molecule has 0 radical (unpaired) electrons. The molecular formula is C12H21N3O2S. The van der Waals surface area contributed by atoms with Crippen molar-refractivity contribution in [3.8, 4) is 0 Å². The van der Waals surface area contributed by atoms with Crippen molar-refractivity contribution in [2.24, 2.45) is 5.73 Å². The Labute approximate surface area is 108 Å². The highest BCUT2D eigenvalue weighted by Gasteiger charge is 2.23. The molecule has 1 saturated carbocycles. The fraction of sp³-hybridized carbons (Fsp3) is 0.750. The molecule has 18 heavy (non-hydrogen) atoms. The maximum Gasteiger partial charge on any atom is 0.178 e. The average molecular weight is 271 g/mol. The van der Waals surface area contributed by atoms with Crippen LogP contribution in [0.5, 0.6) is 0 Å². The summed E-state index contributed by atoms with van der Waals surface area (Å²) in [6, 6.07) is 0.193. The molecule has 2 atom stereocenters. The molecule has 1 heterocycles. The van der Waals surface area contributed by atoms with Gasteiger partial charge in [-0.1, -0.05) is 25.7 Å². The first-order valence-electron chi connectivity index (χ1n) is 6.48. The number of nitrogens with zero attached hydrogens (tertiary/aromatic N) is 2. The van der Waals surface area contributed by atoms with Crippen molar-refractivity contribution in [2.45, 2.75) is 55.5 Å². The second-order valence-electron chi connectivity index (χ2n) is 5.15. The molecule has 0 saturated heterocycles. The van der Waals surface area contributed by atoms with E-state index in [4.69, 9.17) is 5.73 Å². The molecule has 0 aliphatic heterocycles. The Balaban J connectivity index is 2.20. The zero-order valence-corrected chi connectivity index (χ0v) is 11.6. The van der Waals surface area contributed by atoms with Crippen molar-refractivity contribution in [3.05, 3.63) is 12.4 Å². The summed E-state index contributed by atoms with van der Waals surface area (Å²) < 4.78 is 24.6. The predicted molar refractivity (Wildman–Crippen MR) is 70.1 cm³/mol. The molecule has 0 amide bonds. The maximum absolute atomic E-state index is 11.4. The number of hydrogen-bond donors (Lipinski definition) is 1. The van der Waals surface area contributed by atoms with Gasteiger partial charge in [-0.25, -0.2) is 8.42 Å². The molecular weight excluding hydrogens is 250 g/mol. The van der Waals surface area contributed by atoms with Gasteiger partial charge >= 0.3 is 0 Å². The molecule has 2 rings (SSSR count). The third-order valence-corrected chi connectivity index (χ3v) is 4.69. The SMILES string of the molecule is CS(=O)(=O)c1cnn(C2CCCCCCC2N)c1. The van der Waals surface area contributed by atoms with Crippen LogP contribution in [0, 0.1) is 0 Å². The van der Waals surface area contributed by atoms with Crippen LogP contribution >= 0.6 is 0 Å². The Bertz CT molecular complexity index is 495. The number of nitrogens with two attached hydrogens (primary N) is 1. The lowest BCUT2D eigenvalue weighted by molar-refractivity contribution is 0.306. The maximum atomic E-state index is 11.4. The molecule has 2 N–H and O–H groups in total. The summed E-state index contributed by atoms with van der Waals surface area (Å²) in [5.74, 6) is 0. The fourth-order valence-corrected chi connectivity index (χ4v) is 3.05. The van der Waals surface area contributed by atoms with Gasteiger partial charge in [0.05, 0.1) is 12.2 Å². The molecule has 0 bridgehead atoms. The monoisotopic (exact) mass is 271 g/mol. The van der Waals surface area contributed by atoms with Crippen LogP contribution in [-0.4, -0.2) is 30.5 Å². The summed E-state index contributed by atoms with van der Waals surface area (Å²) in [6.07, 6.45) is 10.9. The summed E-state index contributed by atoms with van der Waals surface area (Å²) in [7, 11) is -3.18. The van der Waals surface area contributed by atoms with Gasteiger partial charge in [-0.3, -0.25) is 4.68 Å². The lowest BCUT2D eigenvalue weighted by Gasteiger charge is -2.26. The van der Waals surface area contributed by atoms with Crippen LogP contribution in [0.3, 0.4) is 0 Å². The van der Waals surface area contributed by atoms with Crippen molar-refractivity contribution >= 4 is 9.84 Å². The lowest BCUT2D eigenvalue weighted by atomic mass is 9.93. The molecule has 1 aromatic heterocycles. The third kappa shape index (κ3) is 3.11. The molecule has 1 aliphatic carbocycles. The smallest absolute Gasteiger partial charge is 0.178 e. The van der Waals surface area contributed by atoms with Gasteiger partial charge in [0, 0.05) is 18.5 Å². The van der Waals surface area contributed by atoms with Gasteiger partial charge in [0.2, 0.25) is 0 Å². The van der Waals surface area contributed by atoms with E-state index in [-0.39, 0.29) is 17.0 Å². The Morgan fingerprint density at radius 3 is 2.56 bits per heavy atom. The highest BCUT2D eigenvalue weighted by Crippen LogP contribution is 2.26. The lowest BCUT2D eigenvalue weighted by Crippen LogP contribution is -2.33. The normalized spacial score (nSPS) is 26.6. The van der Waals surface area contributed by atoms with E-state index in [1.54, 1.807) is 10.9 Å². The highest BCUT2D eigenvalue weighted by atomic mass is 32.2. The average Bonchev–Trinajstić information content (AvgIpc) is 2.72. The van der Waals surface area contributed by atoms with Crippen LogP contribution in [0.2, 0.25) is 0 Å². The Morgan fingerprint density at radius 2 is 1.94 bits per heavy atom. The summed E-state index contributed by atoms with van der Waals surface area (Å²) in [4.78, 5) is 0.275. The minimum atomic E-state index is -3.18. The van der Waals surface area contributed by atoms with E-state index in [1.807, 2.05) is 0 Å². The Kier molecular flexibility index (Phi) is 4.07. The third-order valence-electron chi connectivity index (χ3n) is 3.63. The molecule has 1 fully saturated rings. The summed E-state index contributed by atoms with van der Waals surface area (Å²) in [6.45, 7) is 0. The fourth-order valence-electron chi connectivity index (χ4n) is 2.52. The number of aromatic nitrogens is 2. The van der Waals surface area contributed by atoms with Crippen LogP contribution in [0.15, 0.2) is 17.3 Å². The quantitative estimate of drug-likeness (QED) is 0.884. The summed E-state index contributed by atoms with van der Waals surface area (Å²) in [5.41, 5.74) is 6.19. The zero-order valence-electron chi connectivity index (χ0n) is 10.7. The van der Waals surface area contributed by atoms with E-state index in [0.717, 1.165) is 25.7 Å². The number of rotatable bonds is 2. The molecule has 1 aromatic rings. The van der Waals surface area contributed by atoms with E-state index >= 15 is 0 Å². The first-order chi connectivity index (χ1) is 8.48. The van der Waals surface area contributed by atoms with E-state index in [9.17, 15) is 8.42 Å². The standard InChI is InChI=1S/C12H21N3O2S/c1-18(16,17)10-8-14-15(9-10)12-7-5-3-2-4-6-11(12)13/h8-9,11-12H,2-7,13H2,1H3. The van der Waals surface area contributed by atoms with Crippen LogP contribution in [0.1, 0.15) is 44.6 Å². The Morgan fingerprint density at radius 1 is 1.28 bits per heavy atom. The summed E-state index contributed by atoms with van der Waals surface area (Å²) in [5, 5.41) is 4.19. The second-order valence-corrected chi connectivity index (χ2v) is 7.17. The summed E-state index contributed by atoms with van der Waals surface area (Å²) >= 11 is 0. The van der Waals surface area contributed by atoms with Gasteiger partial charge in [0.15, 0.2) is 9.84 Å². The topological polar surface area (TPSA) is 78.0 Å². The predicted octanol–water partition coefficient (Wildman–Crippen LogP) is 1.51. The number of sulfone groups is 1. The minimum Gasteiger partial charge on any atom is -0.326 e. The van der Waals surface area contributed by atoms with Gasteiger partial charge in [-0.15, -0.1) is 0 Å². The molecule has 0 aromatic carbocycles. The molecule has 0 spiro atoms. The van der Waals surface area contributed by atoms with E-state index in [2.05, 4.69) is 5.10 Å². The molecule has 6 heteroatoms. The first kappa shape index (κ1) is 13.5. The van der Waals surface area contributed by atoms with E-state index in [1.165, 1.54) is 25.3 Å². The van der Waals surface area contributed by atoms with Crippen LogP contribution < -0.4 is 5.73 Å². The van der Waals surface area contributed by atoms with Crippen molar-refractivity contribution in [3.63, 3.8) is 0 Å². The Hall–Kier alpha value is -0.880. The molecule has 1 aliphatic rings. The largest absolute Gasteiger partial charge is 0.326 e. The van der Waals surface area contributed by atoms with E-state index in [0.29, 0.717) is 0 Å². The minimum absolute atomic E-state index is 0.0672. The molecule has 2 unspecified atom stereocenters. The van der Waals surface area contributed by atoms with Crippen molar-refractivity contribution in [2.75, 3.05) is 6.26 Å². The van der Waals surface area contributed by atoms with Gasteiger partial charge < -0.3 is 5.73 Å². The highest BCUT2D eigenvalue weighted by molar-refractivity contribution is 7.90. The van der Waals surface area contributed by atoms with Gasteiger partial charge in [-0.05, 0) is 12.8 Å².